The Labute approximate surface area is 178 Å². The lowest BCUT2D eigenvalue weighted by Crippen LogP contribution is -2.43. The Morgan fingerprint density at radius 1 is 1.13 bits per heavy atom. The standard InChI is InChI=1S/C23H32N4O3/c1-4-29-21-12-18(13-22(14-21)30-5-2)16-27(19-8-10-24-11-9-19)20-6-7-23(25-15-20)26-17(3)28/h6-7,12-15,19,24H,4-5,8-11,16H2,1-3H3,(H,25,26,28). The highest BCUT2D eigenvalue weighted by atomic mass is 16.5. The van der Waals surface area contributed by atoms with Gasteiger partial charge in [-0.1, -0.05) is 0 Å². The van der Waals surface area contributed by atoms with Crippen LogP contribution in [-0.2, 0) is 11.3 Å². The van der Waals surface area contributed by atoms with Crippen LogP contribution in [0.1, 0.15) is 39.2 Å². The number of nitrogens with one attached hydrogen (secondary N) is 2. The van der Waals surface area contributed by atoms with Crippen LogP contribution in [0.25, 0.3) is 0 Å². The molecule has 1 fully saturated rings. The molecule has 7 heteroatoms. The molecule has 0 saturated carbocycles. The summed E-state index contributed by atoms with van der Waals surface area (Å²) in [6.45, 7) is 9.41. The largest absolute Gasteiger partial charge is 0.494 e. The van der Waals surface area contributed by atoms with Crippen molar-refractivity contribution < 1.29 is 14.3 Å². The van der Waals surface area contributed by atoms with Crippen molar-refractivity contribution in [3.63, 3.8) is 0 Å². The Morgan fingerprint density at radius 2 is 1.80 bits per heavy atom. The van der Waals surface area contributed by atoms with Gasteiger partial charge in [-0.05, 0) is 69.6 Å². The molecule has 1 aromatic carbocycles. The van der Waals surface area contributed by atoms with Crippen LogP contribution in [0, 0.1) is 0 Å². The Hall–Kier alpha value is -2.80. The second-order valence-corrected chi connectivity index (χ2v) is 7.37. The van der Waals surface area contributed by atoms with Crippen molar-refractivity contribution in [3.05, 3.63) is 42.1 Å². The topological polar surface area (TPSA) is 75.7 Å². The molecule has 0 radical (unpaired) electrons. The maximum absolute atomic E-state index is 11.3. The van der Waals surface area contributed by atoms with E-state index in [0.717, 1.165) is 55.2 Å². The third-order valence-corrected chi connectivity index (χ3v) is 5.05. The van der Waals surface area contributed by atoms with Gasteiger partial charge in [0.05, 0.1) is 25.1 Å². The van der Waals surface area contributed by atoms with Gasteiger partial charge in [0.15, 0.2) is 0 Å². The summed E-state index contributed by atoms with van der Waals surface area (Å²) in [5.74, 6) is 2.08. The highest BCUT2D eigenvalue weighted by molar-refractivity contribution is 5.87. The van der Waals surface area contributed by atoms with Crippen molar-refractivity contribution in [2.45, 2.75) is 46.2 Å². The molecular weight excluding hydrogens is 380 g/mol. The summed E-state index contributed by atoms with van der Waals surface area (Å²) in [7, 11) is 0. The average Bonchev–Trinajstić information content (AvgIpc) is 2.73. The summed E-state index contributed by atoms with van der Waals surface area (Å²) in [5, 5.41) is 6.17. The van der Waals surface area contributed by atoms with E-state index in [1.165, 1.54) is 6.92 Å². The summed E-state index contributed by atoms with van der Waals surface area (Å²) < 4.78 is 11.5. The number of pyridine rings is 1. The van der Waals surface area contributed by atoms with E-state index >= 15 is 0 Å². The minimum atomic E-state index is -0.123. The highest BCUT2D eigenvalue weighted by Gasteiger charge is 2.22. The Kier molecular flexibility index (Phi) is 7.90. The van der Waals surface area contributed by atoms with E-state index in [2.05, 4.69) is 32.7 Å². The molecule has 7 nitrogen and oxygen atoms in total. The molecule has 0 unspecified atom stereocenters. The summed E-state index contributed by atoms with van der Waals surface area (Å²) in [4.78, 5) is 18.1. The molecular formula is C23H32N4O3. The predicted molar refractivity (Wildman–Crippen MR) is 119 cm³/mol. The first-order valence-corrected chi connectivity index (χ1v) is 10.7. The number of rotatable bonds is 9. The zero-order chi connectivity index (χ0) is 21.3. The molecule has 3 rings (SSSR count). The summed E-state index contributed by atoms with van der Waals surface area (Å²) in [6, 6.07) is 10.4. The number of hydrogen-bond acceptors (Lipinski definition) is 6. The lowest BCUT2D eigenvalue weighted by Gasteiger charge is -2.36. The van der Waals surface area contributed by atoms with Gasteiger partial charge in [-0.3, -0.25) is 4.79 Å². The summed E-state index contributed by atoms with van der Waals surface area (Å²) >= 11 is 0. The van der Waals surface area contributed by atoms with Gasteiger partial charge in [0.2, 0.25) is 5.91 Å². The second-order valence-electron chi connectivity index (χ2n) is 7.37. The number of ether oxygens (including phenoxy) is 2. The molecule has 0 bridgehead atoms. The van der Waals surface area contributed by atoms with Crippen LogP contribution in [0.15, 0.2) is 36.5 Å². The van der Waals surface area contributed by atoms with Crippen LogP contribution in [-0.4, -0.2) is 43.2 Å². The van der Waals surface area contributed by atoms with E-state index in [1.807, 2.05) is 38.2 Å². The quantitative estimate of drug-likeness (QED) is 0.656. The van der Waals surface area contributed by atoms with Crippen molar-refractivity contribution in [3.8, 4) is 11.5 Å². The SMILES string of the molecule is CCOc1cc(CN(c2ccc(NC(C)=O)nc2)C2CCNCC2)cc(OCC)c1. The highest BCUT2D eigenvalue weighted by Crippen LogP contribution is 2.29. The number of carbonyl (C=O) groups excluding carboxylic acids is 1. The maximum atomic E-state index is 11.3. The number of carbonyl (C=O) groups is 1. The van der Waals surface area contributed by atoms with Gasteiger partial charge in [-0.2, -0.15) is 0 Å². The monoisotopic (exact) mass is 412 g/mol. The molecule has 1 aliphatic heterocycles. The fourth-order valence-corrected chi connectivity index (χ4v) is 3.78. The number of aromatic nitrogens is 1. The Morgan fingerprint density at radius 3 is 2.33 bits per heavy atom. The number of anilines is 2. The van der Waals surface area contributed by atoms with Gasteiger partial charge >= 0.3 is 0 Å². The Bertz CT molecular complexity index is 795. The minimum Gasteiger partial charge on any atom is -0.494 e. The number of hydrogen-bond donors (Lipinski definition) is 2. The smallest absolute Gasteiger partial charge is 0.222 e. The van der Waals surface area contributed by atoms with Crippen molar-refractivity contribution in [1.29, 1.82) is 0 Å². The Balaban J connectivity index is 1.88. The molecule has 2 aromatic rings. The number of benzene rings is 1. The van der Waals surface area contributed by atoms with E-state index in [1.54, 1.807) is 0 Å². The third-order valence-electron chi connectivity index (χ3n) is 5.05. The molecule has 1 amide bonds. The predicted octanol–water partition coefficient (Wildman–Crippen LogP) is 3.60. The molecule has 1 saturated heterocycles. The van der Waals surface area contributed by atoms with Gasteiger partial charge < -0.3 is 25.0 Å². The summed E-state index contributed by atoms with van der Waals surface area (Å²) in [5.41, 5.74) is 2.17. The molecule has 1 aromatic heterocycles. The second kappa shape index (κ2) is 10.8. The average molecular weight is 413 g/mol. The van der Waals surface area contributed by atoms with Gasteiger partial charge in [0.1, 0.15) is 17.3 Å². The summed E-state index contributed by atoms with van der Waals surface area (Å²) in [6.07, 6.45) is 3.97. The minimum absolute atomic E-state index is 0.123. The van der Waals surface area contributed by atoms with E-state index in [-0.39, 0.29) is 5.91 Å². The molecule has 2 N–H and O–H groups in total. The van der Waals surface area contributed by atoms with Gasteiger partial charge in [-0.25, -0.2) is 4.98 Å². The molecule has 0 aliphatic carbocycles. The van der Waals surface area contributed by atoms with Crippen LogP contribution in [0.4, 0.5) is 11.5 Å². The first kappa shape index (κ1) is 21.9. The van der Waals surface area contributed by atoms with Crippen LogP contribution in [0.2, 0.25) is 0 Å². The van der Waals surface area contributed by atoms with Crippen LogP contribution >= 0.6 is 0 Å². The van der Waals surface area contributed by atoms with E-state index in [4.69, 9.17) is 9.47 Å². The van der Waals surface area contributed by atoms with Crippen molar-refractivity contribution in [2.24, 2.45) is 0 Å². The first-order chi connectivity index (χ1) is 14.6. The van der Waals surface area contributed by atoms with E-state index in [0.29, 0.717) is 25.1 Å². The molecule has 30 heavy (non-hydrogen) atoms. The van der Waals surface area contributed by atoms with Gasteiger partial charge in [-0.15, -0.1) is 0 Å². The van der Waals surface area contributed by atoms with Gasteiger partial charge in [0, 0.05) is 25.6 Å². The van der Waals surface area contributed by atoms with Crippen LogP contribution in [0.5, 0.6) is 11.5 Å². The molecule has 0 atom stereocenters. The van der Waals surface area contributed by atoms with Crippen molar-refractivity contribution in [2.75, 3.05) is 36.5 Å². The molecule has 0 spiro atoms. The van der Waals surface area contributed by atoms with Crippen molar-refractivity contribution >= 4 is 17.4 Å². The van der Waals surface area contributed by atoms with Gasteiger partial charge in [0.25, 0.3) is 0 Å². The number of amides is 1. The zero-order valence-electron chi connectivity index (χ0n) is 18.1. The van der Waals surface area contributed by atoms with E-state index in [9.17, 15) is 4.79 Å². The third kappa shape index (κ3) is 6.10. The fraction of sp³-hybridized carbons (Fsp3) is 0.478. The normalized spacial score (nSPS) is 14.2. The van der Waals surface area contributed by atoms with Crippen LogP contribution < -0.4 is 25.0 Å². The molecule has 2 heterocycles. The van der Waals surface area contributed by atoms with Crippen LogP contribution in [0.3, 0.4) is 0 Å². The van der Waals surface area contributed by atoms with Crippen molar-refractivity contribution in [1.82, 2.24) is 10.3 Å². The fourth-order valence-electron chi connectivity index (χ4n) is 3.78. The number of piperidine rings is 1. The number of nitrogens with zero attached hydrogens (tertiary/aromatic N) is 2. The molecule has 1 aliphatic rings. The molecule has 162 valence electrons. The lowest BCUT2D eigenvalue weighted by molar-refractivity contribution is -0.114. The first-order valence-electron chi connectivity index (χ1n) is 10.7. The lowest BCUT2D eigenvalue weighted by atomic mass is 10.0. The zero-order valence-corrected chi connectivity index (χ0v) is 18.1. The van der Waals surface area contributed by atoms with E-state index < -0.39 is 0 Å². The maximum Gasteiger partial charge on any atom is 0.222 e.